The molecule has 0 unspecified atom stereocenters. The highest BCUT2D eigenvalue weighted by atomic mass is 32.2. The average molecular weight is 465 g/mol. The number of benzene rings is 2. The van der Waals surface area contributed by atoms with Gasteiger partial charge in [0, 0.05) is 12.6 Å². The third kappa shape index (κ3) is 7.33. The number of nitrogens with zero attached hydrogens (tertiary/aromatic N) is 1. The fraction of sp³-hybridized carbons (Fsp3) is 0.435. The van der Waals surface area contributed by atoms with Gasteiger partial charge in [-0.15, -0.1) is 0 Å². The molecule has 0 saturated heterocycles. The second kappa shape index (κ2) is 12.2. The summed E-state index contributed by atoms with van der Waals surface area (Å²) in [6.45, 7) is 2.76. The molecule has 0 fully saturated rings. The van der Waals surface area contributed by atoms with Crippen LogP contribution in [0.5, 0.6) is 17.2 Å². The van der Waals surface area contributed by atoms with Crippen LogP contribution in [0.2, 0.25) is 0 Å². The van der Waals surface area contributed by atoms with Crippen molar-refractivity contribution in [2.45, 2.75) is 26.2 Å². The van der Waals surface area contributed by atoms with Crippen LogP contribution < -0.4 is 23.8 Å². The number of ether oxygens (including phenoxy) is 3. The molecule has 2 aromatic rings. The maximum atomic E-state index is 12.5. The quantitative estimate of drug-likeness (QED) is 0.458. The summed E-state index contributed by atoms with van der Waals surface area (Å²) in [5.74, 6) is 1.23. The Kier molecular flexibility index (Phi) is 9.64. The van der Waals surface area contributed by atoms with E-state index in [1.165, 1.54) is 20.3 Å². The first-order valence-corrected chi connectivity index (χ1v) is 12.3. The van der Waals surface area contributed by atoms with Gasteiger partial charge in [-0.2, -0.15) is 0 Å². The van der Waals surface area contributed by atoms with E-state index in [0.29, 0.717) is 31.1 Å². The molecule has 8 nitrogen and oxygen atoms in total. The van der Waals surface area contributed by atoms with Crippen molar-refractivity contribution in [3.63, 3.8) is 0 Å². The number of methoxy groups -OCH3 is 2. The summed E-state index contributed by atoms with van der Waals surface area (Å²) in [4.78, 5) is 12.5. The van der Waals surface area contributed by atoms with Crippen molar-refractivity contribution in [2.75, 3.05) is 44.5 Å². The molecular formula is C23H32N2O6S. The number of sulfonamides is 1. The lowest BCUT2D eigenvalue weighted by molar-refractivity contribution is -0.119. The monoisotopic (exact) mass is 464 g/mol. The lowest BCUT2D eigenvalue weighted by Crippen LogP contribution is -2.40. The number of rotatable bonds is 13. The maximum Gasteiger partial charge on any atom is 0.240 e. The van der Waals surface area contributed by atoms with Crippen LogP contribution in [0.4, 0.5) is 5.69 Å². The van der Waals surface area contributed by atoms with E-state index < -0.39 is 15.9 Å². The minimum absolute atomic E-state index is 0.242. The van der Waals surface area contributed by atoms with Gasteiger partial charge in [-0.3, -0.25) is 9.10 Å². The zero-order chi connectivity index (χ0) is 23.6. The number of hydrogen-bond acceptors (Lipinski definition) is 6. The van der Waals surface area contributed by atoms with Gasteiger partial charge in [-0.05, 0) is 43.0 Å². The van der Waals surface area contributed by atoms with Crippen LogP contribution in [0, 0.1) is 0 Å². The number of carbonyl (C=O) groups excluding carboxylic acids is 1. The number of nitrogens with one attached hydrogen (secondary N) is 1. The van der Waals surface area contributed by atoms with Crippen molar-refractivity contribution in [3.8, 4) is 17.2 Å². The van der Waals surface area contributed by atoms with Gasteiger partial charge in [0.1, 0.15) is 23.8 Å². The van der Waals surface area contributed by atoms with E-state index in [1.807, 2.05) is 24.3 Å². The summed E-state index contributed by atoms with van der Waals surface area (Å²) in [5.41, 5.74) is 1.32. The van der Waals surface area contributed by atoms with Crippen molar-refractivity contribution < 1.29 is 27.4 Å². The Balaban J connectivity index is 2.00. The van der Waals surface area contributed by atoms with E-state index in [4.69, 9.17) is 14.2 Å². The molecule has 0 aliphatic heterocycles. The number of anilines is 1. The Bertz CT molecular complexity index is 994. The van der Waals surface area contributed by atoms with E-state index in [1.54, 1.807) is 12.1 Å². The average Bonchev–Trinajstić information content (AvgIpc) is 2.78. The van der Waals surface area contributed by atoms with Gasteiger partial charge in [0.15, 0.2) is 0 Å². The molecule has 9 heteroatoms. The standard InChI is InChI=1S/C23H32N2O6S/c1-5-15-31-21-11-7-6-9-18(21)10-8-14-24-23(26)17-25(32(4,27)28)20-16-19(29-2)12-13-22(20)30-3/h6-7,9,11-13,16H,5,8,10,14-15,17H2,1-4H3,(H,24,26). The number of hydrogen-bond donors (Lipinski definition) is 1. The first kappa shape index (κ1) is 25.3. The Morgan fingerprint density at radius 1 is 1.06 bits per heavy atom. The van der Waals surface area contributed by atoms with Crippen molar-refractivity contribution in [2.24, 2.45) is 0 Å². The molecule has 2 rings (SSSR count). The predicted octanol–water partition coefficient (Wildman–Crippen LogP) is 3.01. The Hall–Kier alpha value is -2.94. The van der Waals surface area contributed by atoms with Gasteiger partial charge in [-0.1, -0.05) is 25.1 Å². The van der Waals surface area contributed by atoms with Crippen LogP contribution in [0.3, 0.4) is 0 Å². The number of aryl methyl sites for hydroxylation is 1. The maximum absolute atomic E-state index is 12.5. The molecule has 0 aromatic heterocycles. The molecule has 176 valence electrons. The molecule has 0 atom stereocenters. The van der Waals surface area contributed by atoms with Crippen molar-refractivity contribution in [3.05, 3.63) is 48.0 Å². The predicted molar refractivity (Wildman–Crippen MR) is 125 cm³/mol. The van der Waals surface area contributed by atoms with Crippen LogP contribution in [0.15, 0.2) is 42.5 Å². The Morgan fingerprint density at radius 3 is 2.47 bits per heavy atom. The van der Waals surface area contributed by atoms with Gasteiger partial charge < -0.3 is 19.5 Å². The smallest absolute Gasteiger partial charge is 0.240 e. The third-order valence-corrected chi connectivity index (χ3v) is 5.85. The highest BCUT2D eigenvalue weighted by Gasteiger charge is 2.24. The SMILES string of the molecule is CCCOc1ccccc1CCCNC(=O)CN(c1cc(OC)ccc1OC)S(C)(=O)=O. The van der Waals surface area contributed by atoms with Gasteiger partial charge in [0.25, 0.3) is 0 Å². The molecular weight excluding hydrogens is 432 g/mol. The topological polar surface area (TPSA) is 94.2 Å². The van der Waals surface area contributed by atoms with E-state index in [2.05, 4.69) is 12.2 Å². The lowest BCUT2D eigenvalue weighted by Gasteiger charge is -2.24. The molecule has 2 aromatic carbocycles. The lowest BCUT2D eigenvalue weighted by atomic mass is 10.1. The van der Waals surface area contributed by atoms with Gasteiger partial charge in [0.05, 0.1) is 32.8 Å². The number of carbonyl (C=O) groups is 1. The van der Waals surface area contributed by atoms with E-state index in [0.717, 1.165) is 34.7 Å². The second-order valence-electron chi connectivity index (χ2n) is 7.22. The molecule has 32 heavy (non-hydrogen) atoms. The van der Waals surface area contributed by atoms with Crippen LogP contribution >= 0.6 is 0 Å². The van der Waals surface area contributed by atoms with Crippen LogP contribution in [-0.4, -0.2) is 54.5 Å². The minimum atomic E-state index is -3.74. The fourth-order valence-corrected chi connectivity index (χ4v) is 3.98. The van der Waals surface area contributed by atoms with Crippen LogP contribution in [-0.2, 0) is 21.2 Å². The third-order valence-electron chi connectivity index (χ3n) is 4.72. The van der Waals surface area contributed by atoms with Gasteiger partial charge in [-0.25, -0.2) is 8.42 Å². The van der Waals surface area contributed by atoms with Crippen molar-refractivity contribution >= 4 is 21.6 Å². The second-order valence-corrected chi connectivity index (χ2v) is 9.12. The van der Waals surface area contributed by atoms with Gasteiger partial charge >= 0.3 is 0 Å². The molecule has 0 heterocycles. The fourth-order valence-electron chi connectivity index (χ4n) is 3.13. The molecule has 0 spiro atoms. The first-order chi connectivity index (χ1) is 15.3. The van der Waals surface area contributed by atoms with E-state index >= 15 is 0 Å². The molecule has 0 radical (unpaired) electrons. The normalized spacial score (nSPS) is 11.0. The molecule has 0 bridgehead atoms. The zero-order valence-corrected chi connectivity index (χ0v) is 19.9. The van der Waals surface area contributed by atoms with E-state index in [9.17, 15) is 13.2 Å². The highest BCUT2D eigenvalue weighted by molar-refractivity contribution is 7.92. The van der Waals surface area contributed by atoms with E-state index in [-0.39, 0.29) is 12.2 Å². The highest BCUT2D eigenvalue weighted by Crippen LogP contribution is 2.33. The number of para-hydroxylation sites is 1. The summed E-state index contributed by atoms with van der Waals surface area (Å²) < 4.78 is 42.1. The minimum Gasteiger partial charge on any atom is -0.497 e. The first-order valence-electron chi connectivity index (χ1n) is 10.5. The largest absolute Gasteiger partial charge is 0.497 e. The summed E-state index contributed by atoms with van der Waals surface area (Å²) >= 11 is 0. The number of amides is 1. The molecule has 0 aliphatic rings. The summed E-state index contributed by atoms with van der Waals surface area (Å²) in [5, 5.41) is 2.80. The summed E-state index contributed by atoms with van der Waals surface area (Å²) in [6.07, 6.45) is 3.41. The molecule has 0 aliphatic carbocycles. The zero-order valence-electron chi connectivity index (χ0n) is 19.1. The molecule has 1 N–H and O–H groups in total. The summed E-state index contributed by atoms with van der Waals surface area (Å²) in [6, 6.07) is 12.6. The molecule has 0 saturated carbocycles. The molecule has 1 amide bonds. The summed E-state index contributed by atoms with van der Waals surface area (Å²) in [7, 11) is -0.819. The Labute approximate surface area is 190 Å². The Morgan fingerprint density at radius 2 is 1.81 bits per heavy atom. The van der Waals surface area contributed by atoms with Crippen molar-refractivity contribution in [1.29, 1.82) is 0 Å². The van der Waals surface area contributed by atoms with Crippen LogP contribution in [0.25, 0.3) is 0 Å². The van der Waals surface area contributed by atoms with Crippen LogP contribution in [0.1, 0.15) is 25.3 Å². The van der Waals surface area contributed by atoms with Gasteiger partial charge in [0.2, 0.25) is 15.9 Å². The van der Waals surface area contributed by atoms with Crippen molar-refractivity contribution in [1.82, 2.24) is 5.32 Å².